The van der Waals surface area contributed by atoms with Crippen LogP contribution in [-0.2, 0) is 0 Å². The van der Waals surface area contributed by atoms with Crippen LogP contribution in [0.1, 0.15) is 66.2 Å². The average Bonchev–Trinajstić information content (AvgIpc) is 2.34. The zero-order valence-corrected chi connectivity index (χ0v) is 12.3. The van der Waals surface area contributed by atoms with Crippen molar-refractivity contribution in [3.63, 3.8) is 0 Å². The van der Waals surface area contributed by atoms with Crippen LogP contribution in [-0.4, -0.2) is 24.3 Å². The van der Waals surface area contributed by atoms with Gasteiger partial charge < -0.3 is 10.4 Å². The molecule has 17 heavy (non-hydrogen) atoms. The molecule has 0 amide bonds. The van der Waals surface area contributed by atoms with E-state index in [0.717, 1.165) is 18.9 Å². The molecule has 0 bridgehead atoms. The van der Waals surface area contributed by atoms with Crippen LogP contribution in [0.5, 0.6) is 0 Å². The monoisotopic (exact) mass is 243 g/mol. The fourth-order valence-electron chi connectivity index (χ4n) is 2.32. The van der Waals surface area contributed by atoms with E-state index in [1.54, 1.807) is 0 Å². The topological polar surface area (TPSA) is 32.3 Å². The molecule has 0 saturated heterocycles. The molecule has 0 saturated carbocycles. The predicted molar refractivity (Wildman–Crippen MR) is 76.3 cm³/mol. The lowest BCUT2D eigenvalue weighted by Gasteiger charge is -2.23. The lowest BCUT2D eigenvalue weighted by molar-refractivity contribution is 0.242. The van der Waals surface area contributed by atoms with Crippen LogP contribution in [0.4, 0.5) is 0 Å². The highest BCUT2D eigenvalue weighted by Crippen LogP contribution is 2.14. The minimum Gasteiger partial charge on any atom is -0.396 e. The third-order valence-corrected chi connectivity index (χ3v) is 3.81. The summed E-state index contributed by atoms with van der Waals surface area (Å²) in [6, 6.07) is 0.656. The molecule has 2 heteroatoms. The van der Waals surface area contributed by atoms with E-state index in [2.05, 4.69) is 33.0 Å². The van der Waals surface area contributed by atoms with E-state index in [0.29, 0.717) is 18.6 Å². The van der Waals surface area contributed by atoms with Gasteiger partial charge >= 0.3 is 0 Å². The number of aliphatic hydroxyl groups is 1. The lowest BCUT2D eigenvalue weighted by Crippen LogP contribution is -2.34. The molecule has 0 spiro atoms. The molecule has 0 aromatic rings. The standard InChI is InChI=1S/C15H33NO/c1-5-8-14(9-10-17)12-16-15(7-3)11-13(4)6-2/h13-17H,5-12H2,1-4H3. The molecule has 104 valence electrons. The molecule has 0 aliphatic heterocycles. The van der Waals surface area contributed by atoms with Gasteiger partial charge in [0.25, 0.3) is 0 Å². The zero-order valence-electron chi connectivity index (χ0n) is 12.3. The van der Waals surface area contributed by atoms with Gasteiger partial charge in [-0.15, -0.1) is 0 Å². The maximum Gasteiger partial charge on any atom is 0.0434 e. The normalized spacial score (nSPS) is 16.8. The summed E-state index contributed by atoms with van der Waals surface area (Å²) >= 11 is 0. The van der Waals surface area contributed by atoms with Gasteiger partial charge in [0, 0.05) is 12.6 Å². The first-order chi connectivity index (χ1) is 8.17. The molecule has 3 unspecified atom stereocenters. The molecule has 0 heterocycles. The first kappa shape index (κ1) is 16.9. The van der Waals surface area contributed by atoms with Crippen LogP contribution in [0.3, 0.4) is 0 Å². The van der Waals surface area contributed by atoms with E-state index in [1.165, 1.54) is 32.1 Å². The van der Waals surface area contributed by atoms with Crippen molar-refractivity contribution in [3.05, 3.63) is 0 Å². The second-order valence-corrected chi connectivity index (χ2v) is 5.43. The smallest absolute Gasteiger partial charge is 0.0434 e. The van der Waals surface area contributed by atoms with Crippen molar-refractivity contribution >= 4 is 0 Å². The van der Waals surface area contributed by atoms with Gasteiger partial charge in [-0.05, 0) is 44.1 Å². The van der Waals surface area contributed by atoms with Crippen molar-refractivity contribution in [3.8, 4) is 0 Å². The van der Waals surface area contributed by atoms with Crippen LogP contribution in [0, 0.1) is 11.8 Å². The van der Waals surface area contributed by atoms with Gasteiger partial charge in [-0.2, -0.15) is 0 Å². The third-order valence-electron chi connectivity index (χ3n) is 3.81. The Morgan fingerprint density at radius 1 is 1.06 bits per heavy atom. The summed E-state index contributed by atoms with van der Waals surface area (Å²) in [5.41, 5.74) is 0. The fraction of sp³-hybridized carbons (Fsp3) is 1.00. The van der Waals surface area contributed by atoms with Crippen molar-refractivity contribution in [2.45, 2.75) is 72.3 Å². The summed E-state index contributed by atoms with van der Waals surface area (Å²) in [6.07, 6.45) is 7.16. The van der Waals surface area contributed by atoms with Gasteiger partial charge in [-0.25, -0.2) is 0 Å². The van der Waals surface area contributed by atoms with Gasteiger partial charge in [0.05, 0.1) is 0 Å². The number of rotatable bonds is 11. The van der Waals surface area contributed by atoms with Gasteiger partial charge in [0.15, 0.2) is 0 Å². The summed E-state index contributed by atoms with van der Waals surface area (Å²) in [5.74, 6) is 1.46. The molecule has 0 aliphatic carbocycles. The average molecular weight is 243 g/mol. The van der Waals surface area contributed by atoms with E-state index < -0.39 is 0 Å². The molecule has 2 nitrogen and oxygen atoms in total. The van der Waals surface area contributed by atoms with Crippen LogP contribution in [0.25, 0.3) is 0 Å². The molecule has 0 aliphatic rings. The summed E-state index contributed by atoms with van der Waals surface area (Å²) < 4.78 is 0. The fourth-order valence-corrected chi connectivity index (χ4v) is 2.32. The Morgan fingerprint density at radius 3 is 2.24 bits per heavy atom. The maximum atomic E-state index is 9.04. The Kier molecular flexibility index (Phi) is 11.0. The van der Waals surface area contributed by atoms with Crippen LogP contribution >= 0.6 is 0 Å². The van der Waals surface area contributed by atoms with Crippen molar-refractivity contribution in [2.24, 2.45) is 11.8 Å². The van der Waals surface area contributed by atoms with E-state index in [1.807, 2.05) is 0 Å². The minimum atomic E-state index is 0.328. The number of aliphatic hydroxyl groups excluding tert-OH is 1. The zero-order chi connectivity index (χ0) is 13.1. The molecule has 0 aromatic heterocycles. The van der Waals surface area contributed by atoms with Gasteiger partial charge in [0.2, 0.25) is 0 Å². The third kappa shape index (κ3) is 8.62. The van der Waals surface area contributed by atoms with Crippen molar-refractivity contribution in [1.29, 1.82) is 0 Å². The minimum absolute atomic E-state index is 0.328. The van der Waals surface area contributed by atoms with Crippen molar-refractivity contribution in [2.75, 3.05) is 13.2 Å². The summed E-state index contributed by atoms with van der Waals surface area (Å²) in [4.78, 5) is 0. The van der Waals surface area contributed by atoms with E-state index >= 15 is 0 Å². The SMILES string of the molecule is CCCC(CCO)CNC(CC)CC(C)CC. The highest BCUT2D eigenvalue weighted by atomic mass is 16.3. The lowest BCUT2D eigenvalue weighted by atomic mass is 9.96. The Bertz CT molecular complexity index is 155. The Balaban J connectivity index is 3.91. The first-order valence-electron chi connectivity index (χ1n) is 7.51. The molecular formula is C15H33NO. The predicted octanol–water partition coefficient (Wildman–Crippen LogP) is 3.59. The Labute approximate surface area is 108 Å². The maximum absolute atomic E-state index is 9.04. The summed E-state index contributed by atoms with van der Waals surface area (Å²) in [5, 5.41) is 12.7. The molecule has 0 rings (SSSR count). The van der Waals surface area contributed by atoms with Gasteiger partial charge in [0.1, 0.15) is 0 Å². The number of hydrogen-bond donors (Lipinski definition) is 2. The molecule has 0 aromatic carbocycles. The van der Waals surface area contributed by atoms with E-state index in [9.17, 15) is 0 Å². The van der Waals surface area contributed by atoms with Crippen LogP contribution in [0.2, 0.25) is 0 Å². The van der Waals surface area contributed by atoms with Gasteiger partial charge in [-0.3, -0.25) is 0 Å². The Hall–Kier alpha value is -0.0800. The van der Waals surface area contributed by atoms with Gasteiger partial charge in [-0.1, -0.05) is 40.5 Å². The second-order valence-electron chi connectivity index (χ2n) is 5.43. The molecule has 0 fully saturated rings. The van der Waals surface area contributed by atoms with E-state index in [-0.39, 0.29) is 0 Å². The first-order valence-corrected chi connectivity index (χ1v) is 7.51. The molecule has 0 radical (unpaired) electrons. The van der Waals surface area contributed by atoms with Crippen LogP contribution < -0.4 is 5.32 Å². The number of hydrogen-bond acceptors (Lipinski definition) is 2. The highest BCUT2D eigenvalue weighted by molar-refractivity contribution is 4.71. The molecule has 3 atom stereocenters. The van der Waals surface area contributed by atoms with Crippen molar-refractivity contribution in [1.82, 2.24) is 5.32 Å². The Morgan fingerprint density at radius 2 is 1.76 bits per heavy atom. The quantitative estimate of drug-likeness (QED) is 0.581. The largest absolute Gasteiger partial charge is 0.396 e. The van der Waals surface area contributed by atoms with E-state index in [4.69, 9.17) is 5.11 Å². The van der Waals surface area contributed by atoms with Crippen LogP contribution in [0.15, 0.2) is 0 Å². The summed E-state index contributed by atoms with van der Waals surface area (Å²) in [7, 11) is 0. The second kappa shape index (κ2) is 11.0. The molecular weight excluding hydrogens is 210 g/mol. The highest BCUT2D eigenvalue weighted by Gasteiger charge is 2.13. The molecule has 2 N–H and O–H groups in total. The van der Waals surface area contributed by atoms with Crippen molar-refractivity contribution < 1.29 is 5.11 Å². The summed E-state index contributed by atoms with van der Waals surface area (Å²) in [6.45, 7) is 10.5. The number of nitrogens with one attached hydrogen (secondary N) is 1.